The van der Waals surface area contributed by atoms with Crippen molar-refractivity contribution >= 4 is 11.7 Å². The number of aromatic nitrogens is 1. The molecule has 2 aromatic carbocycles. The SMILES string of the molecule is COc1ccc(CN(CC(=O)Nc2c(C#N)c(C)c(C)n2Cc2ccccc2)C2CC2)cc1. The summed E-state index contributed by atoms with van der Waals surface area (Å²) in [6.07, 6.45) is 2.21. The van der Waals surface area contributed by atoms with Crippen molar-refractivity contribution in [3.63, 3.8) is 0 Å². The second-order valence-corrected chi connectivity index (χ2v) is 8.65. The minimum Gasteiger partial charge on any atom is -0.497 e. The van der Waals surface area contributed by atoms with Crippen molar-refractivity contribution in [3.8, 4) is 11.8 Å². The number of rotatable bonds is 9. The summed E-state index contributed by atoms with van der Waals surface area (Å²) in [5.74, 6) is 1.31. The van der Waals surface area contributed by atoms with Crippen LogP contribution in [-0.2, 0) is 17.9 Å². The molecular weight excluding hydrogens is 412 g/mol. The van der Waals surface area contributed by atoms with Crippen molar-refractivity contribution in [1.29, 1.82) is 5.26 Å². The summed E-state index contributed by atoms with van der Waals surface area (Å²) in [6.45, 7) is 5.52. The lowest BCUT2D eigenvalue weighted by Crippen LogP contribution is -2.35. The van der Waals surface area contributed by atoms with Gasteiger partial charge in [0.25, 0.3) is 0 Å². The highest BCUT2D eigenvalue weighted by Crippen LogP contribution is 2.30. The van der Waals surface area contributed by atoms with E-state index in [1.54, 1.807) is 7.11 Å². The molecule has 0 radical (unpaired) electrons. The topological polar surface area (TPSA) is 70.3 Å². The standard InChI is InChI=1S/C27H30N4O2/c1-19-20(2)31(17-21-7-5-4-6-8-21)27(25(19)15-28)29-26(32)18-30(23-11-12-23)16-22-9-13-24(33-3)14-10-22/h4-10,13-14,23H,11-12,16-18H2,1-3H3,(H,29,32). The molecule has 1 aliphatic rings. The summed E-state index contributed by atoms with van der Waals surface area (Å²) >= 11 is 0. The average Bonchev–Trinajstić information content (AvgIpc) is 3.65. The van der Waals surface area contributed by atoms with Crippen molar-refractivity contribution < 1.29 is 9.53 Å². The number of anilines is 1. The quantitative estimate of drug-likeness (QED) is 0.524. The van der Waals surface area contributed by atoms with Gasteiger partial charge in [-0.1, -0.05) is 42.5 Å². The lowest BCUT2D eigenvalue weighted by molar-refractivity contribution is -0.117. The van der Waals surface area contributed by atoms with Gasteiger partial charge >= 0.3 is 0 Å². The van der Waals surface area contributed by atoms with Gasteiger partial charge in [-0.05, 0) is 55.5 Å². The molecule has 0 spiro atoms. The maximum Gasteiger partial charge on any atom is 0.239 e. The van der Waals surface area contributed by atoms with Crippen LogP contribution in [0.5, 0.6) is 5.75 Å². The lowest BCUT2D eigenvalue weighted by Gasteiger charge is -2.22. The Morgan fingerprint density at radius 1 is 1.12 bits per heavy atom. The molecule has 6 nitrogen and oxygen atoms in total. The van der Waals surface area contributed by atoms with Gasteiger partial charge in [-0.15, -0.1) is 0 Å². The van der Waals surface area contributed by atoms with E-state index in [9.17, 15) is 10.1 Å². The highest BCUT2D eigenvalue weighted by molar-refractivity contribution is 5.93. The first-order valence-electron chi connectivity index (χ1n) is 11.3. The number of methoxy groups -OCH3 is 1. The number of amides is 1. The number of benzene rings is 2. The zero-order chi connectivity index (χ0) is 23.4. The lowest BCUT2D eigenvalue weighted by atomic mass is 10.2. The first-order valence-corrected chi connectivity index (χ1v) is 11.3. The maximum atomic E-state index is 13.1. The number of ether oxygens (including phenoxy) is 1. The molecule has 170 valence electrons. The second kappa shape index (κ2) is 9.93. The zero-order valence-corrected chi connectivity index (χ0v) is 19.5. The smallest absolute Gasteiger partial charge is 0.239 e. The molecule has 1 N–H and O–H groups in total. The van der Waals surface area contributed by atoms with Gasteiger partial charge in [0.15, 0.2) is 0 Å². The first kappa shape index (κ1) is 22.6. The molecular formula is C27H30N4O2. The molecule has 3 aromatic rings. The molecule has 1 aromatic heterocycles. The Bertz CT molecular complexity index is 1160. The molecule has 33 heavy (non-hydrogen) atoms. The van der Waals surface area contributed by atoms with Crippen molar-refractivity contribution in [2.75, 3.05) is 19.0 Å². The monoisotopic (exact) mass is 442 g/mol. The van der Waals surface area contributed by atoms with E-state index in [-0.39, 0.29) is 12.5 Å². The van der Waals surface area contributed by atoms with E-state index in [1.807, 2.05) is 60.9 Å². The van der Waals surface area contributed by atoms with Crippen LogP contribution in [0.1, 0.15) is 40.8 Å². The van der Waals surface area contributed by atoms with Gasteiger partial charge in [0.05, 0.1) is 19.2 Å². The first-order chi connectivity index (χ1) is 16.0. The van der Waals surface area contributed by atoms with Crippen LogP contribution in [0.25, 0.3) is 0 Å². The second-order valence-electron chi connectivity index (χ2n) is 8.65. The summed E-state index contributed by atoms with van der Waals surface area (Å²) < 4.78 is 7.28. The molecule has 0 atom stereocenters. The van der Waals surface area contributed by atoms with Crippen LogP contribution in [0.4, 0.5) is 5.82 Å². The van der Waals surface area contributed by atoms with Gasteiger partial charge in [0.2, 0.25) is 5.91 Å². The van der Waals surface area contributed by atoms with Gasteiger partial charge in [0.1, 0.15) is 17.6 Å². The number of nitrogens with zero attached hydrogens (tertiary/aromatic N) is 3. The molecule has 1 saturated carbocycles. The third-order valence-electron chi connectivity index (χ3n) is 6.34. The Morgan fingerprint density at radius 2 is 1.82 bits per heavy atom. The number of carbonyl (C=O) groups is 1. The summed E-state index contributed by atoms with van der Waals surface area (Å²) in [7, 11) is 1.66. The minimum absolute atomic E-state index is 0.0984. The number of carbonyl (C=O) groups excluding carboxylic acids is 1. The predicted octanol–water partition coefficient (Wildman–Crippen LogP) is 4.64. The summed E-state index contributed by atoms with van der Waals surface area (Å²) in [5, 5.41) is 12.9. The van der Waals surface area contributed by atoms with Gasteiger partial charge in [-0.25, -0.2) is 0 Å². The number of nitrogens with one attached hydrogen (secondary N) is 1. The van der Waals surface area contributed by atoms with Crippen LogP contribution < -0.4 is 10.1 Å². The number of hydrogen-bond acceptors (Lipinski definition) is 4. The average molecular weight is 443 g/mol. The molecule has 1 aliphatic carbocycles. The predicted molar refractivity (Wildman–Crippen MR) is 129 cm³/mol. The third kappa shape index (κ3) is 5.27. The highest BCUT2D eigenvalue weighted by atomic mass is 16.5. The van der Waals surface area contributed by atoms with Gasteiger partial charge < -0.3 is 14.6 Å². The number of nitriles is 1. The highest BCUT2D eigenvalue weighted by Gasteiger charge is 2.31. The van der Waals surface area contributed by atoms with Crippen LogP contribution in [0.3, 0.4) is 0 Å². The van der Waals surface area contributed by atoms with Gasteiger partial charge in [0, 0.05) is 24.8 Å². The van der Waals surface area contributed by atoms with Crippen molar-refractivity contribution in [3.05, 3.63) is 82.5 Å². The summed E-state index contributed by atoms with van der Waals surface area (Å²) in [4.78, 5) is 15.4. The Morgan fingerprint density at radius 3 is 2.42 bits per heavy atom. The van der Waals surface area contributed by atoms with Crippen LogP contribution >= 0.6 is 0 Å². The molecule has 0 unspecified atom stereocenters. The zero-order valence-electron chi connectivity index (χ0n) is 19.5. The Balaban J connectivity index is 1.52. The molecule has 1 fully saturated rings. The van der Waals surface area contributed by atoms with Crippen LogP contribution in [-0.4, -0.2) is 35.1 Å². The van der Waals surface area contributed by atoms with Crippen molar-refractivity contribution in [1.82, 2.24) is 9.47 Å². The number of hydrogen-bond donors (Lipinski definition) is 1. The Labute approximate surface area is 195 Å². The fraction of sp³-hybridized carbons (Fsp3) is 0.333. The van der Waals surface area contributed by atoms with E-state index in [2.05, 4.69) is 28.4 Å². The normalized spacial score (nSPS) is 13.1. The van der Waals surface area contributed by atoms with E-state index in [4.69, 9.17) is 4.74 Å². The van der Waals surface area contributed by atoms with E-state index in [0.29, 0.717) is 30.5 Å². The van der Waals surface area contributed by atoms with E-state index in [1.165, 1.54) is 0 Å². The van der Waals surface area contributed by atoms with Crippen molar-refractivity contribution in [2.24, 2.45) is 0 Å². The Hall–Kier alpha value is -3.56. The van der Waals surface area contributed by atoms with E-state index in [0.717, 1.165) is 41.0 Å². The molecule has 6 heteroatoms. The molecule has 0 aliphatic heterocycles. The minimum atomic E-state index is -0.0984. The van der Waals surface area contributed by atoms with Gasteiger partial charge in [-0.3, -0.25) is 9.69 Å². The molecule has 4 rings (SSSR count). The van der Waals surface area contributed by atoms with Crippen LogP contribution in [0, 0.1) is 25.2 Å². The fourth-order valence-electron chi connectivity index (χ4n) is 4.17. The fourth-order valence-corrected chi connectivity index (χ4v) is 4.17. The van der Waals surface area contributed by atoms with Crippen LogP contribution in [0.2, 0.25) is 0 Å². The molecule has 1 amide bonds. The van der Waals surface area contributed by atoms with Crippen molar-refractivity contribution in [2.45, 2.75) is 45.8 Å². The van der Waals surface area contributed by atoms with E-state index < -0.39 is 0 Å². The Kier molecular flexibility index (Phi) is 6.81. The third-order valence-corrected chi connectivity index (χ3v) is 6.34. The van der Waals surface area contributed by atoms with Gasteiger partial charge in [-0.2, -0.15) is 5.26 Å². The maximum absolute atomic E-state index is 13.1. The summed E-state index contributed by atoms with van der Waals surface area (Å²) in [6, 6.07) is 20.8. The van der Waals surface area contributed by atoms with Crippen LogP contribution in [0.15, 0.2) is 54.6 Å². The molecule has 1 heterocycles. The largest absolute Gasteiger partial charge is 0.497 e. The summed E-state index contributed by atoms with van der Waals surface area (Å²) in [5.41, 5.74) is 4.69. The van der Waals surface area contributed by atoms with E-state index >= 15 is 0 Å². The molecule has 0 bridgehead atoms. The molecule has 0 saturated heterocycles.